The van der Waals surface area contributed by atoms with Crippen LogP contribution in [0.3, 0.4) is 0 Å². The first-order valence-electron chi connectivity index (χ1n) is 8.92. The highest BCUT2D eigenvalue weighted by atomic mass is 32.1. The summed E-state index contributed by atoms with van der Waals surface area (Å²) in [4.78, 5) is 27.5. The van der Waals surface area contributed by atoms with Crippen LogP contribution < -0.4 is 10.6 Å². The van der Waals surface area contributed by atoms with Gasteiger partial charge < -0.3 is 20.2 Å². The number of alkyl halides is 3. The fraction of sp³-hybridized carbons (Fsp3) is 0.316. The number of amides is 1. The predicted octanol–water partition coefficient (Wildman–Crippen LogP) is 3.66. The zero-order valence-electron chi connectivity index (χ0n) is 15.7. The van der Waals surface area contributed by atoms with Crippen molar-refractivity contribution in [1.82, 2.24) is 15.6 Å². The van der Waals surface area contributed by atoms with Crippen molar-refractivity contribution in [2.45, 2.75) is 32.1 Å². The number of thiophene rings is 1. The number of carbonyl (C=O) groups excluding carboxylic acids is 1. The second-order valence-corrected chi connectivity index (χ2v) is 7.68. The van der Waals surface area contributed by atoms with Crippen LogP contribution in [0.2, 0.25) is 0 Å². The number of furan rings is 1. The molecular weight excluding hydrogens is 423 g/mol. The van der Waals surface area contributed by atoms with Gasteiger partial charge in [-0.3, -0.25) is 9.78 Å². The smallest absolute Gasteiger partial charge is 0.475 e. The summed E-state index contributed by atoms with van der Waals surface area (Å²) < 4.78 is 37.5. The van der Waals surface area contributed by atoms with E-state index in [1.807, 2.05) is 25.1 Å². The average molecular weight is 441 g/mol. The molecular formula is C19H18F3N3O4S. The van der Waals surface area contributed by atoms with Crippen molar-refractivity contribution in [2.24, 2.45) is 0 Å². The SMILES string of the molecule is CC(NC(=O)c1cc2c(s1)CNCC2)c1cc2cnccc2o1.O=C(O)C(F)(F)F. The third-order valence-electron chi connectivity index (χ3n) is 4.33. The number of pyridine rings is 1. The van der Waals surface area contributed by atoms with Crippen LogP contribution in [0, 0.1) is 0 Å². The lowest BCUT2D eigenvalue weighted by Gasteiger charge is -2.10. The highest BCUT2D eigenvalue weighted by Gasteiger charge is 2.38. The van der Waals surface area contributed by atoms with Gasteiger partial charge in [0.05, 0.1) is 10.9 Å². The number of fused-ring (bicyclic) bond motifs is 2. The molecule has 4 heterocycles. The number of nitrogens with one attached hydrogen (secondary N) is 2. The van der Waals surface area contributed by atoms with Gasteiger partial charge >= 0.3 is 12.1 Å². The minimum atomic E-state index is -5.08. The van der Waals surface area contributed by atoms with Gasteiger partial charge in [0.15, 0.2) is 0 Å². The number of carbonyl (C=O) groups is 2. The van der Waals surface area contributed by atoms with Gasteiger partial charge in [-0.25, -0.2) is 4.79 Å². The molecule has 0 radical (unpaired) electrons. The van der Waals surface area contributed by atoms with Gasteiger partial charge in [-0.2, -0.15) is 13.2 Å². The fourth-order valence-electron chi connectivity index (χ4n) is 2.82. The van der Waals surface area contributed by atoms with Crippen molar-refractivity contribution < 1.29 is 32.3 Å². The molecule has 0 aromatic carbocycles. The standard InChI is InChI=1S/C17H17N3O2S.C2HF3O2/c1-10(14-6-12-8-18-5-3-13(12)22-14)20-17(21)15-7-11-2-4-19-9-16(11)23-15;3-2(4,5)1(6)7/h3,5-8,10,19H,2,4,9H2,1H3,(H,20,21);(H,6,7). The second kappa shape index (κ2) is 8.84. The first kappa shape index (κ1) is 21.8. The van der Waals surface area contributed by atoms with E-state index in [9.17, 15) is 18.0 Å². The Balaban J connectivity index is 0.000000318. The number of rotatable bonds is 3. The number of aliphatic carboxylic acids is 1. The van der Waals surface area contributed by atoms with Crippen LogP contribution in [0.4, 0.5) is 13.2 Å². The van der Waals surface area contributed by atoms with Crippen LogP contribution in [0.15, 0.2) is 35.0 Å². The number of hydrogen-bond donors (Lipinski definition) is 3. The molecule has 0 aliphatic carbocycles. The Hall–Kier alpha value is -2.92. The molecule has 4 rings (SSSR count). The normalized spacial score (nSPS) is 14.4. The largest absolute Gasteiger partial charge is 0.490 e. The summed E-state index contributed by atoms with van der Waals surface area (Å²) in [5, 5.41) is 14.4. The van der Waals surface area contributed by atoms with Crippen LogP contribution in [-0.2, 0) is 17.8 Å². The molecule has 0 saturated carbocycles. The molecule has 0 fully saturated rings. The zero-order valence-corrected chi connectivity index (χ0v) is 16.6. The minimum Gasteiger partial charge on any atom is -0.475 e. The van der Waals surface area contributed by atoms with E-state index >= 15 is 0 Å². The Kier molecular flexibility index (Phi) is 6.42. The van der Waals surface area contributed by atoms with E-state index in [-0.39, 0.29) is 11.9 Å². The Bertz CT molecular complexity index is 1000. The summed E-state index contributed by atoms with van der Waals surface area (Å²) in [5.74, 6) is -2.06. The molecule has 3 N–H and O–H groups in total. The molecule has 1 atom stereocenters. The highest BCUT2D eigenvalue weighted by molar-refractivity contribution is 7.14. The summed E-state index contributed by atoms with van der Waals surface area (Å²) in [6.45, 7) is 3.77. The van der Waals surface area contributed by atoms with Crippen molar-refractivity contribution in [3.8, 4) is 0 Å². The van der Waals surface area contributed by atoms with Gasteiger partial charge in [0, 0.05) is 29.2 Å². The fourth-order valence-corrected chi connectivity index (χ4v) is 3.91. The average Bonchev–Trinajstić information content (AvgIpc) is 3.32. The maximum atomic E-state index is 12.5. The number of carboxylic acid groups (broad SMARTS) is 1. The van der Waals surface area contributed by atoms with Gasteiger partial charge in [0.2, 0.25) is 0 Å². The molecule has 1 aliphatic heterocycles. The van der Waals surface area contributed by atoms with Gasteiger partial charge in [0.1, 0.15) is 11.3 Å². The first-order chi connectivity index (χ1) is 14.1. The summed E-state index contributed by atoms with van der Waals surface area (Å²) >= 11 is 1.57. The Morgan fingerprint density at radius 2 is 2.10 bits per heavy atom. The van der Waals surface area contributed by atoms with Crippen molar-refractivity contribution in [3.63, 3.8) is 0 Å². The van der Waals surface area contributed by atoms with Gasteiger partial charge in [0.25, 0.3) is 5.91 Å². The van der Waals surface area contributed by atoms with Crippen molar-refractivity contribution in [1.29, 1.82) is 0 Å². The predicted molar refractivity (Wildman–Crippen MR) is 103 cm³/mol. The maximum absolute atomic E-state index is 12.5. The van der Waals surface area contributed by atoms with E-state index in [2.05, 4.69) is 15.6 Å². The number of halogens is 3. The first-order valence-corrected chi connectivity index (χ1v) is 9.73. The molecule has 0 saturated heterocycles. The summed E-state index contributed by atoms with van der Waals surface area (Å²) in [6, 6.07) is 5.59. The number of nitrogens with zero attached hydrogens (tertiary/aromatic N) is 1. The molecule has 7 nitrogen and oxygen atoms in total. The lowest BCUT2D eigenvalue weighted by Crippen LogP contribution is -2.25. The van der Waals surface area contributed by atoms with Crippen LogP contribution in [0.5, 0.6) is 0 Å². The third-order valence-corrected chi connectivity index (χ3v) is 5.51. The molecule has 1 aliphatic rings. The van der Waals surface area contributed by atoms with Gasteiger partial charge in [-0.15, -0.1) is 11.3 Å². The van der Waals surface area contributed by atoms with Crippen molar-refractivity contribution in [2.75, 3.05) is 6.54 Å². The maximum Gasteiger partial charge on any atom is 0.490 e. The monoisotopic (exact) mass is 441 g/mol. The Morgan fingerprint density at radius 3 is 2.73 bits per heavy atom. The van der Waals surface area contributed by atoms with Crippen LogP contribution in [-0.4, -0.2) is 34.7 Å². The quantitative estimate of drug-likeness (QED) is 0.573. The van der Waals surface area contributed by atoms with E-state index in [0.29, 0.717) is 0 Å². The van der Waals surface area contributed by atoms with Crippen molar-refractivity contribution >= 4 is 34.2 Å². The minimum absolute atomic E-state index is 0.0459. The van der Waals surface area contributed by atoms with E-state index in [4.69, 9.17) is 14.3 Å². The molecule has 3 aromatic heterocycles. The Morgan fingerprint density at radius 1 is 1.37 bits per heavy atom. The van der Waals surface area contributed by atoms with E-state index < -0.39 is 12.1 Å². The molecule has 1 unspecified atom stereocenters. The lowest BCUT2D eigenvalue weighted by molar-refractivity contribution is -0.192. The molecule has 1 amide bonds. The molecule has 30 heavy (non-hydrogen) atoms. The van der Waals surface area contributed by atoms with Crippen molar-refractivity contribution in [3.05, 3.63) is 51.7 Å². The molecule has 11 heteroatoms. The van der Waals surface area contributed by atoms with Crippen LogP contribution >= 0.6 is 11.3 Å². The zero-order chi connectivity index (χ0) is 21.9. The highest BCUT2D eigenvalue weighted by Crippen LogP contribution is 2.27. The Labute approximate surface area is 172 Å². The molecule has 0 spiro atoms. The van der Waals surface area contributed by atoms with E-state index in [1.165, 1.54) is 10.4 Å². The van der Waals surface area contributed by atoms with Crippen LogP contribution in [0.1, 0.15) is 38.8 Å². The number of aromatic nitrogens is 1. The van der Waals surface area contributed by atoms with Gasteiger partial charge in [-0.1, -0.05) is 0 Å². The van der Waals surface area contributed by atoms with E-state index in [0.717, 1.165) is 41.1 Å². The lowest BCUT2D eigenvalue weighted by atomic mass is 10.1. The molecule has 3 aromatic rings. The van der Waals surface area contributed by atoms with E-state index in [1.54, 1.807) is 23.7 Å². The number of hydrogen-bond acceptors (Lipinski definition) is 6. The summed E-state index contributed by atoms with van der Waals surface area (Å²) in [5.41, 5.74) is 2.08. The third kappa shape index (κ3) is 5.16. The second-order valence-electron chi connectivity index (χ2n) is 6.55. The molecule has 0 bridgehead atoms. The van der Waals surface area contributed by atoms with Crippen LogP contribution in [0.25, 0.3) is 11.0 Å². The van der Waals surface area contributed by atoms with Gasteiger partial charge in [-0.05, 0) is 43.7 Å². The summed E-state index contributed by atoms with van der Waals surface area (Å²) in [7, 11) is 0. The summed E-state index contributed by atoms with van der Waals surface area (Å²) in [6.07, 6.45) is -0.633. The topological polar surface area (TPSA) is 104 Å². The molecule has 160 valence electrons. The number of carboxylic acids is 1.